The van der Waals surface area contributed by atoms with Gasteiger partial charge in [0.25, 0.3) is 0 Å². The predicted octanol–water partition coefficient (Wildman–Crippen LogP) is 3.48. The van der Waals surface area contributed by atoms with Gasteiger partial charge in [-0.1, -0.05) is 30.3 Å². The van der Waals surface area contributed by atoms with Gasteiger partial charge in [0.05, 0.1) is 18.8 Å². The first-order chi connectivity index (χ1) is 12.2. The van der Waals surface area contributed by atoms with E-state index in [1.807, 2.05) is 37.3 Å². The van der Waals surface area contributed by atoms with Crippen molar-refractivity contribution in [3.05, 3.63) is 59.3 Å². The van der Waals surface area contributed by atoms with E-state index in [0.29, 0.717) is 25.5 Å². The minimum absolute atomic E-state index is 0.0820. The third-order valence-corrected chi connectivity index (χ3v) is 4.91. The van der Waals surface area contributed by atoms with Gasteiger partial charge in [0, 0.05) is 24.6 Å². The van der Waals surface area contributed by atoms with Crippen molar-refractivity contribution in [2.24, 2.45) is 0 Å². The normalized spacial score (nSPS) is 27.7. The van der Waals surface area contributed by atoms with Crippen LogP contribution in [0.2, 0.25) is 0 Å². The Kier molecular flexibility index (Phi) is 4.16. The van der Waals surface area contributed by atoms with Gasteiger partial charge in [0.1, 0.15) is 12.2 Å². The fourth-order valence-electron chi connectivity index (χ4n) is 3.39. The second-order valence-corrected chi connectivity index (χ2v) is 6.67. The van der Waals surface area contributed by atoms with Crippen LogP contribution in [0.5, 0.6) is 5.88 Å². The summed E-state index contributed by atoms with van der Waals surface area (Å²) in [6.07, 6.45) is 2.92. The number of nitrogens with zero attached hydrogens (tertiary/aromatic N) is 2. The van der Waals surface area contributed by atoms with Crippen molar-refractivity contribution in [3.8, 4) is 11.9 Å². The van der Waals surface area contributed by atoms with Gasteiger partial charge < -0.3 is 14.2 Å². The number of hydrogen-bond donors (Lipinski definition) is 0. The molecule has 1 aromatic carbocycles. The van der Waals surface area contributed by atoms with E-state index >= 15 is 0 Å². The number of rotatable bonds is 4. The Morgan fingerprint density at radius 1 is 1.36 bits per heavy atom. The second-order valence-electron chi connectivity index (χ2n) is 6.67. The number of epoxide rings is 1. The molecule has 0 bridgehead atoms. The minimum atomic E-state index is -0.311. The van der Waals surface area contributed by atoms with Gasteiger partial charge in [-0.15, -0.1) is 0 Å². The Hall–Kier alpha value is -2.42. The van der Waals surface area contributed by atoms with Gasteiger partial charge >= 0.3 is 0 Å². The number of aromatic nitrogens is 1. The molecule has 5 nitrogen and oxygen atoms in total. The smallest absolute Gasteiger partial charge is 0.216 e. The van der Waals surface area contributed by atoms with Crippen LogP contribution >= 0.6 is 0 Å². The van der Waals surface area contributed by atoms with Gasteiger partial charge in [-0.3, -0.25) is 0 Å². The molecule has 4 rings (SSSR count). The Morgan fingerprint density at radius 3 is 2.92 bits per heavy atom. The molecule has 5 heteroatoms. The number of aryl methyl sites for hydroxylation is 1. The van der Waals surface area contributed by atoms with Crippen LogP contribution in [0.3, 0.4) is 0 Å². The Balaban J connectivity index is 1.44. The largest absolute Gasteiger partial charge is 0.473 e. The van der Waals surface area contributed by atoms with Crippen molar-refractivity contribution >= 4 is 0 Å². The molecule has 2 aliphatic rings. The lowest BCUT2D eigenvalue weighted by molar-refractivity contribution is -0.0213. The molecular formula is C20H20N2O3. The molecule has 1 aromatic heterocycles. The minimum Gasteiger partial charge on any atom is -0.473 e. The van der Waals surface area contributed by atoms with E-state index in [9.17, 15) is 0 Å². The molecule has 3 heterocycles. The average molecular weight is 336 g/mol. The fourth-order valence-corrected chi connectivity index (χ4v) is 3.39. The number of nitriles is 1. The summed E-state index contributed by atoms with van der Waals surface area (Å²) in [5.41, 5.74) is 2.79. The van der Waals surface area contributed by atoms with Gasteiger partial charge in [-0.05, 0) is 24.1 Å². The Labute approximate surface area is 147 Å². The van der Waals surface area contributed by atoms with Crippen molar-refractivity contribution < 1.29 is 14.2 Å². The van der Waals surface area contributed by atoms with Crippen molar-refractivity contribution in [1.82, 2.24) is 4.98 Å². The standard InChI is InChI=1S/C20H20N2O3/c1-14-9-16(17-10-20(7-8-23-17)18(11-21)25-20)12-22-19(14)24-13-15-5-3-2-4-6-15/h2-6,9,12,17-18H,7-8,10,13H2,1H3/t17-,18?,20?/m1/s1. The molecule has 3 atom stereocenters. The molecule has 128 valence electrons. The molecule has 0 radical (unpaired) electrons. The van der Waals surface area contributed by atoms with Crippen molar-refractivity contribution in [3.63, 3.8) is 0 Å². The summed E-state index contributed by atoms with van der Waals surface area (Å²) >= 11 is 0. The summed E-state index contributed by atoms with van der Waals surface area (Å²) < 4.78 is 17.3. The maximum absolute atomic E-state index is 9.07. The van der Waals surface area contributed by atoms with E-state index in [1.165, 1.54) is 0 Å². The van der Waals surface area contributed by atoms with E-state index in [2.05, 4.69) is 17.1 Å². The molecule has 2 aromatic rings. The van der Waals surface area contributed by atoms with Crippen LogP contribution in [0.25, 0.3) is 0 Å². The monoisotopic (exact) mass is 336 g/mol. The fraction of sp³-hybridized carbons (Fsp3) is 0.400. The van der Waals surface area contributed by atoms with Gasteiger partial charge in [0.15, 0.2) is 6.10 Å². The maximum atomic E-state index is 9.07. The first-order valence-electron chi connectivity index (χ1n) is 8.52. The highest BCUT2D eigenvalue weighted by atomic mass is 16.6. The molecule has 2 fully saturated rings. The lowest BCUT2D eigenvalue weighted by Gasteiger charge is -2.28. The van der Waals surface area contributed by atoms with Gasteiger partial charge in [0.2, 0.25) is 5.88 Å². The topological polar surface area (TPSA) is 67.7 Å². The maximum Gasteiger partial charge on any atom is 0.216 e. The molecule has 0 saturated carbocycles. The third-order valence-electron chi connectivity index (χ3n) is 4.91. The van der Waals surface area contributed by atoms with Crippen molar-refractivity contribution in [1.29, 1.82) is 5.26 Å². The molecular weight excluding hydrogens is 316 g/mol. The van der Waals surface area contributed by atoms with E-state index in [1.54, 1.807) is 6.20 Å². The molecule has 2 aliphatic heterocycles. The summed E-state index contributed by atoms with van der Waals surface area (Å²) in [6, 6.07) is 14.3. The third kappa shape index (κ3) is 3.23. The zero-order valence-corrected chi connectivity index (χ0v) is 14.1. The first-order valence-corrected chi connectivity index (χ1v) is 8.52. The summed E-state index contributed by atoms with van der Waals surface area (Å²) in [4.78, 5) is 4.47. The van der Waals surface area contributed by atoms with Gasteiger partial charge in [-0.2, -0.15) is 5.26 Å². The van der Waals surface area contributed by atoms with E-state index in [-0.39, 0.29) is 17.8 Å². The second kappa shape index (κ2) is 6.47. The summed E-state index contributed by atoms with van der Waals surface area (Å²) in [7, 11) is 0. The summed E-state index contributed by atoms with van der Waals surface area (Å²) in [5.74, 6) is 0.635. The molecule has 2 unspecified atom stereocenters. The summed E-state index contributed by atoms with van der Waals surface area (Å²) in [5, 5.41) is 9.07. The lowest BCUT2D eigenvalue weighted by atomic mass is 9.89. The number of pyridine rings is 1. The lowest BCUT2D eigenvalue weighted by Crippen LogP contribution is -2.28. The zero-order chi connectivity index (χ0) is 17.3. The van der Waals surface area contributed by atoms with Crippen LogP contribution in [-0.4, -0.2) is 23.3 Å². The number of ether oxygens (including phenoxy) is 3. The first kappa shape index (κ1) is 16.1. The number of benzene rings is 1. The zero-order valence-electron chi connectivity index (χ0n) is 14.1. The van der Waals surface area contributed by atoms with Crippen LogP contribution in [0.1, 0.15) is 35.6 Å². The highest BCUT2D eigenvalue weighted by Crippen LogP contribution is 2.49. The molecule has 0 amide bonds. The average Bonchev–Trinajstić information content (AvgIpc) is 3.33. The highest BCUT2D eigenvalue weighted by Gasteiger charge is 2.59. The Morgan fingerprint density at radius 2 is 2.20 bits per heavy atom. The van der Waals surface area contributed by atoms with Crippen LogP contribution in [-0.2, 0) is 16.1 Å². The molecule has 2 saturated heterocycles. The molecule has 1 spiro atoms. The number of hydrogen-bond acceptors (Lipinski definition) is 5. The highest BCUT2D eigenvalue weighted by molar-refractivity contribution is 5.31. The SMILES string of the molecule is Cc1cc([C@H]2CC3(CCO2)OC3C#N)cnc1OCc1ccccc1. The van der Waals surface area contributed by atoms with Crippen molar-refractivity contribution in [2.45, 2.75) is 44.2 Å². The van der Waals surface area contributed by atoms with Crippen molar-refractivity contribution in [2.75, 3.05) is 6.61 Å². The quantitative estimate of drug-likeness (QED) is 0.800. The van der Waals surface area contributed by atoms with Gasteiger partial charge in [-0.25, -0.2) is 4.98 Å². The molecule has 25 heavy (non-hydrogen) atoms. The summed E-state index contributed by atoms with van der Waals surface area (Å²) in [6.45, 7) is 3.09. The van der Waals surface area contributed by atoms with Crippen LogP contribution < -0.4 is 4.74 Å². The predicted molar refractivity (Wildman–Crippen MR) is 90.9 cm³/mol. The van der Waals surface area contributed by atoms with Crippen LogP contribution in [0.15, 0.2) is 42.6 Å². The van der Waals surface area contributed by atoms with E-state index < -0.39 is 0 Å². The molecule has 0 aliphatic carbocycles. The van der Waals surface area contributed by atoms with E-state index in [0.717, 1.165) is 23.1 Å². The Bertz CT molecular complexity index is 802. The van der Waals surface area contributed by atoms with Crippen LogP contribution in [0.4, 0.5) is 0 Å². The molecule has 0 N–H and O–H groups in total. The van der Waals surface area contributed by atoms with E-state index in [4.69, 9.17) is 19.5 Å². The van der Waals surface area contributed by atoms with Crippen LogP contribution in [0, 0.1) is 18.3 Å².